The number of aryl methyl sites for hydroxylation is 1. The van der Waals surface area contributed by atoms with Gasteiger partial charge < -0.3 is 9.30 Å². The molecule has 1 unspecified atom stereocenters. The number of halogens is 1. The number of carbonyl (C=O) groups excluding carboxylic acids is 1. The van der Waals surface area contributed by atoms with Crippen LogP contribution >= 0.6 is 15.9 Å². The Morgan fingerprint density at radius 3 is 2.52 bits per heavy atom. The fourth-order valence-electron chi connectivity index (χ4n) is 1.79. The predicted molar refractivity (Wildman–Crippen MR) is 83.6 cm³/mol. The van der Waals surface area contributed by atoms with Crippen molar-refractivity contribution in [1.82, 2.24) is 9.29 Å². The minimum absolute atomic E-state index is 0.0158. The monoisotopic (exact) mass is 378 g/mol. The summed E-state index contributed by atoms with van der Waals surface area (Å²) in [5.74, 6) is -0.560. The third-order valence-corrected chi connectivity index (χ3v) is 5.56. The Balaban J connectivity index is 3.28. The van der Waals surface area contributed by atoms with Gasteiger partial charge in [-0.1, -0.05) is 19.9 Å². The summed E-state index contributed by atoms with van der Waals surface area (Å²) < 4.78 is 33.7. The molecule has 8 heteroatoms. The largest absolute Gasteiger partial charge is 0.464 e. The molecular weight excluding hydrogens is 360 g/mol. The van der Waals surface area contributed by atoms with Crippen LogP contribution in [0, 0.1) is 5.92 Å². The quantitative estimate of drug-likeness (QED) is 0.606. The van der Waals surface area contributed by atoms with Gasteiger partial charge >= 0.3 is 5.97 Å². The molecule has 0 bridgehead atoms. The number of sulfonamides is 1. The Kier molecular flexibility index (Phi) is 5.77. The van der Waals surface area contributed by atoms with Gasteiger partial charge in [0.2, 0.25) is 10.0 Å². The molecule has 1 aromatic heterocycles. The number of methoxy groups -OCH3 is 1. The van der Waals surface area contributed by atoms with E-state index < -0.39 is 22.0 Å². The number of nitrogens with zero attached hydrogens (tertiary/aromatic N) is 1. The van der Waals surface area contributed by atoms with Crippen LogP contribution in [0.3, 0.4) is 0 Å². The molecule has 0 amide bonds. The van der Waals surface area contributed by atoms with Crippen LogP contribution in [0.2, 0.25) is 0 Å². The van der Waals surface area contributed by atoms with E-state index in [0.29, 0.717) is 0 Å². The van der Waals surface area contributed by atoms with E-state index in [1.807, 2.05) is 13.8 Å². The Bertz CT molecular complexity index is 649. The van der Waals surface area contributed by atoms with Gasteiger partial charge in [-0.2, -0.15) is 0 Å². The van der Waals surface area contributed by atoms with E-state index >= 15 is 0 Å². The van der Waals surface area contributed by atoms with Gasteiger partial charge in [0.1, 0.15) is 10.6 Å². The highest BCUT2D eigenvalue weighted by molar-refractivity contribution is 9.10. The van der Waals surface area contributed by atoms with Gasteiger partial charge in [0.15, 0.2) is 0 Å². The van der Waals surface area contributed by atoms with Crippen molar-refractivity contribution in [1.29, 1.82) is 0 Å². The van der Waals surface area contributed by atoms with Crippen LogP contribution in [-0.2, 0) is 21.8 Å². The highest BCUT2D eigenvalue weighted by Crippen LogP contribution is 2.28. The molecule has 1 heterocycles. The number of rotatable bonds is 6. The summed E-state index contributed by atoms with van der Waals surface area (Å²) in [5.41, 5.74) is 0.137. The van der Waals surface area contributed by atoms with Gasteiger partial charge in [-0.3, -0.25) is 0 Å². The van der Waals surface area contributed by atoms with Crippen molar-refractivity contribution >= 4 is 31.9 Å². The summed E-state index contributed by atoms with van der Waals surface area (Å²) in [6, 6.07) is -0.399. The number of esters is 1. The molecule has 0 aliphatic carbocycles. The van der Waals surface area contributed by atoms with E-state index in [1.165, 1.54) is 17.9 Å². The highest BCUT2D eigenvalue weighted by atomic mass is 79.9. The van der Waals surface area contributed by atoms with Crippen molar-refractivity contribution in [2.45, 2.75) is 24.8 Å². The Morgan fingerprint density at radius 2 is 2.10 bits per heavy atom. The van der Waals surface area contributed by atoms with Crippen molar-refractivity contribution in [3.63, 3.8) is 0 Å². The summed E-state index contributed by atoms with van der Waals surface area (Å²) >= 11 is 3.16. The van der Waals surface area contributed by atoms with Crippen LogP contribution in [0.5, 0.6) is 0 Å². The van der Waals surface area contributed by atoms with Crippen molar-refractivity contribution in [2.24, 2.45) is 13.0 Å². The molecule has 0 radical (unpaired) electrons. The van der Waals surface area contributed by atoms with E-state index in [0.717, 1.165) is 0 Å². The SMILES string of the molecule is C=CC(NS(=O)(=O)c1cn(C)c(C(=O)OC)c1Br)C(C)C. The second-order valence-corrected chi connectivity index (χ2v) is 7.36. The van der Waals surface area contributed by atoms with Crippen LogP contribution in [0.4, 0.5) is 0 Å². The minimum Gasteiger partial charge on any atom is -0.464 e. The number of hydrogen-bond donors (Lipinski definition) is 1. The number of carbonyl (C=O) groups is 1. The van der Waals surface area contributed by atoms with Crippen LogP contribution < -0.4 is 4.72 Å². The summed E-state index contributed by atoms with van der Waals surface area (Å²) in [7, 11) is -0.978. The number of ether oxygens (including phenoxy) is 1. The highest BCUT2D eigenvalue weighted by Gasteiger charge is 2.28. The third kappa shape index (κ3) is 3.75. The minimum atomic E-state index is -3.79. The average Bonchev–Trinajstić information content (AvgIpc) is 2.71. The number of aromatic nitrogens is 1. The predicted octanol–water partition coefficient (Wildman–Crippen LogP) is 2.06. The first kappa shape index (κ1) is 17.9. The first-order chi connectivity index (χ1) is 9.65. The second-order valence-electron chi connectivity index (χ2n) is 4.89. The molecule has 0 aromatic carbocycles. The molecule has 0 aliphatic heterocycles. The lowest BCUT2D eigenvalue weighted by Gasteiger charge is -2.18. The van der Waals surface area contributed by atoms with E-state index in [2.05, 4.69) is 32.0 Å². The molecule has 0 saturated heterocycles. The van der Waals surface area contributed by atoms with E-state index in [-0.39, 0.29) is 21.0 Å². The maximum absolute atomic E-state index is 12.4. The van der Waals surface area contributed by atoms with Crippen LogP contribution in [0.1, 0.15) is 24.3 Å². The Hall–Kier alpha value is -1.12. The summed E-state index contributed by atoms with van der Waals surface area (Å²) in [5, 5.41) is 0. The normalized spacial score (nSPS) is 13.2. The first-order valence-corrected chi connectivity index (χ1v) is 8.51. The molecule has 1 N–H and O–H groups in total. The maximum atomic E-state index is 12.4. The maximum Gasteiger partial charge on any atom is 0.355 e. The molecule has 6 nitrogen and oxygen atoms in total. The van der Waals surface area contributed by atoms with E-state index in [9.17, 15) is 13.2 Å². The zero-order valence-electron chi connectivity index (χ0n) is 12.4. The van der Waals surface area contributed by atoms with Gasteiger partial charge in [0, 0.05) is 19.3 Å². The zero-order chi connectivity index (χ0) is 16.4. The van der Waals surface area contributed by atoms with Crippen molar-refractivity contribution in [3.8, 4) is 0 Å². The van der Waals surface area contributed by atoms with Crippen LogP contribution in [0.15, 0.2) is 28.2 Å². The molecule has 0 fully saturated rings. The summed E-state index contributed by atoms with van der Waals surface area (Å²) in [6.07, 6.45) is 2.90. The fourth-order valence-corrected chi connectivity index (χ4v) is 4.45. The number of hydrogen-bond acceptors (Lipinski definition) is 4. The van der Waals surface area contributed by atoms with Gasteiger partial charge in [0.25, 0.3) is 0 Å². The zero-order valence-corrected chi connectivity index (χ0v) is 14.8. The van der Waals surface area contributed by atoms with E-state index in [1.54, 1.807) is 13.1 Å². The molecule has 0 saturated carbocycles. The van der Waals surface area contributed by atoms with Crippen molar-refractivity contribution in [3.05, 3.63) is 29.0 Å². The molecule has 1 aromatic rings. The number of nitrogens with one attached hydrogen (secondary N) is 1. The first-order valence-electron chi connectivity index (χ1n) is 6.23. The standard InChI is InChI=1S/C13H19BrN2O4S/c1-6-9(8(2)3)15-21(18,19)10-7-16(4)12(11(10)14)13(17)20-5/h6-9,15H,1H2,2-5H3. The molecule has 0 aliphatic rings. The van der Waals surface area contributed by atoms with Gasteiger partial charge in [-0.15, -0.1) is 6.58 Å². The molecule has 0 spiro atoms. The second kappa shape index (κ2) is 6.76. The average molecular weight is 379 g/mol. The summed E-state index contributed by atoms with van der Waals surface area (Å²) in [4.78, 5) is 11.7. The fraction of sp³-hybridized carbons (Fsp3) is 0.462. The molecular formula is C13H19BrN2O4S. The van der Waals surface area contributed by atoms with Gasteiger partial charge in [-0.25, -0.2) is 17.9 Å². The molecule has 21 heavy (non-hydrogen) atoms. The molecule has 118 valence electrons. The smallest absolute Gasteiger partial charge is 0.355 e. The van der Waals surface area contributed by atoms with Crippen LogP contribution in [-0.4, -0.2) is 32.1 Å². The topological polar surface area (TPSA) is 77.4 Å². The third-order valence-electron chi connectivity index (χ3n) is 3.02. The lowest BCUT2D eigenvalue weighted by Crippen LogP contribution is -2.36. The van der Waals surface area contributed by atoms with Crippen LogP contribution in [0.25, 0.3) is 0 Å². The van der Waals surface area contributed by atoms with Crippen molar-refractivity contribution in [2.75, 3.05) is 7.11 Å². The van der Waals surface area contributed by atoms with E-state index in [4.69, 9.17) is 0 Å². The lowest BCUT2D eigenvalue weighted by molar-refractivity contribution is 0.0588. The van der Waals surface area contributed by atoms with Gasteiger partial charge in [0.05, 0.1) is 11.6 Å². The lowest BCUT2D eigenvalue weighted by atomic mass is 10.1. The van der Waals surface area contributed by atoms with Crippen molar-refractivity contribution < 1.29 is 17.9 Å². The Labute approximate surface area is 133 Å². The van der Waals surface area contributed by atoms with Gasteiger partial charge in [-0.05, 0) is 21.8 Å². The Morgan fingerprint density at radius 1 is 1.52 bits per heavy atom. The summed E-state index contributed by atoms with van der Waals surface area (Å²) in [6.45, 7) is 7.40. The molecule has 1 atom stereocenters. The molecule has 1 rings (SSSR count).